The van der Waals surface area contributed by atoms with Gasteiger partial charge in [0, 0.05) is 5.92 Å². The highest BCUT2D eigenvalue weighted by atomic mass is 16.5. The summed E-state index contributed by atoms with van der Waals surface area (Å²) in [7, 11) is 0. The first-order valence-electron chi connectivity index (χ1n) is 4.70. The molecule has 2 nitrogen and oxygen atoms in total. The SMILES string of the molecule is CC(C)[C@H]1COC(=O)[C@@H]1C(C)C. The van der Waals surface area contributed by atoms with E-state index in [2.05, 4.69) is 27.7 Å². The first kappa shape index (κ1) is 9.56. The number of hydrogen-bond acceptors (Lipinski definition) is 2. The molecule has 1 heterocycles. The van der Waals surface area contributed by atoms with E-state index in [1.807, 2.05) is 0 Å². The predicted octanol–water partition coefficient (Wildman–Crippen LogP) is 2.09. The average Bonchev–Trinajstić information content (AvgIpc) is 2.30. The van der Waals surface area contributed by atoms with Gasteiger partial charge in [-0.1, -0.05) is 27.7 Å². The van der Waals surface area contributed by atoms with Gasteiger partial charge in [0.05, 0.1) is 12.5 Å². The van der Waals surface area contributed by atoms with Gasteiger partial charge in [-0.25, -0.2) is 0 Å². The van der Waals surface area contributed by atoms with E-state index in [1.54, 1.807) is 0 Å². The van der Waals surface area contributed by atoms with Gasteiger partial charge in [0.2, 0.25) is 0 Å². The van der Waals surface area contributed by atoms with Crippen molar-refractivity contribution in [3.05, 3.63) is 0 Å². The standard InChI is InChI=1S/C10H18O2/c1-6(2)8-5-12-10(11)9(8)7(3)4/h6-9H,5H2,1-4H3/t8-,9-/m1/s1. The summed E-state index contributed by atoms with van der Waals surface area (Å²) in [6.07, 6.45) is 0. The van der Waals surface area contributed by atoms with E-state index >= 15 is 0 Å². The van der Waals surface area contributed by atoms with Gasteiger partial charge in [0.25, 0.3) is 0 Å². The second-order valence-corrected chi connectivity index (χ2v) is 4.31. The Morgan fingerprint density at radius 3 is 2.17 bits per heavy atom. The van der Waals surface area contributed by atoms with Crippen LogP contribution < -0.4 is 0 Å². The van der Waals surface area contributed by atoms with Crippen LogP contribution in [0.4, 0.5) is 0 Å². The third kappa shape index (κ3) is 1.62. The quantitative estimate of drug-likeness (QED) is 0.593. The van der Waals surface area contributed by atoms with Crippen molar-refractivity contribution in [2.24, 2.45) is 23.7 Å². The largest absolute Gasteiger partial charge is 0.465 e. The summed E-state index contributed by atoms with van der Waals surface area (Å²) in [5.41, 5.74) is 0. The van der Waals surface area contributed by atoms with Gasteiger partial charge in [-0.3, -0.25) is 4.79 Å². The van der Waals surface area contributed by atoms with E-state index in [4.69, 9.17) is 4.74 Å². The maximum atomic E-state index is 11.3. The second-order valence-electron chi connectivity index (χ2n) is 4.31. The molecule has 0 N–H and O–H groups in total. The Hall–Kier alpha value is -0.530. The first-order valence-corrected chi connectivity index (χ1v) is 4.70. The molecule has 2 heteroatoms. The fourth-order valence-electron chi connectivity index (χ4n) is 1.93. The molecule has 2 atom stereocenters. The summed E-state index contributed by atoms with van der Waals surface area (Å²) >= 11 is 0. The molecule has 1 aliphatic rings. The van der Waals surface area contributed by atoms with Gasteiger partial charge in [-0.15, -0.1) is 0 Å². The highest BCUT2D eigenvalue weighted by Crippen LogP contribution is 2.33. The minimum atomic E-state index is 0.00343. The molecule has 0 bridgehead atoms. The lowest BCUT2D eigenvalue weighted by atomic mass is 9.79. The molecule has 0 saturated carbocycles. The Morgan fingerprint density at radius 1 is 1.25 bits per heavy atom. The fraction of sp³-hybridized carbons (Fsp3) is 0.900. The van der Waals surface area contributed by atoms with Crippen LogP contribution in [0.2, 0.25) is 0 Å². The van der Waals surface area contributed by atoms with Crippen LogP contribution in [-0.4, -0.2) is 12.6 Å². The van der Waals surface area contributed by atoms with Gasteiger partial charge in [0.15, 0.2) is 0 Å². The molecular weight excluding hydrogens is 152 g/mol. The van der Waals surface area contributed by atoms with E-state index in [9.17, 15) is 4.79 Å². The van der Waals surface area contributed by atoms with Gasteiger partial charge in [-0.2, -0.15) is 0 Å². The van der Waals surface area contributed by atoms with Crippen molar-refractivity contribution in [2.45, 2.75) is 27.7 Å². The Labute approximate surface area is 74.3 Å². The monoisotopic (exact) mass is 170 g/mol. The Balaban J connectivity index is 2.70. The molecule has 70 valence electrons. The summed E-state index contributed by atoms with van der Waals surface area (Å²) < 4.78 is 5.06. The number of carbonyl (C=O) groups excluding carboxylic acids is 1. The first-order chi connectivity index (χ1) is 5.54. The van der Waals surface area contributed by atoms with Crippen LogP contribution >= 0.6 is 0 Å². The maximum Gasteiger partial charge on any atom is 0.309 e. The Bertz CT molecular complexity index is 173. The van der Waals surface area contributed by atoms with Gasteiger partial charge in [0.1, 0.15) is 0 Å². The number of ether oxygens (including phenoxy) is 1. The van der Waals surface area contributed by atoms with Crippen molar-refractivity contribution in [3.63, 3.8) is 0 Å². The van der Waals surface area contributed by atoms with Crippen molar-refractivity contribution < 1.29 is 9.53 Å². The van der Waals surface area contributed by atoms with Crippen LogP contribution in [0, 0.1) is 23.7 Å². The van der Waals surface area contributed by atoms with Crippen molar-refractivity contribution in [2.75, 3.05) is 6.61 Å². The van der Waals surface area contributed by atoms with Crippen LogP contribution in [0.1, 0.15) is 27.7 Å². The zero-order chi connectivity index (χ0) is 9.30. The zero-order valence-corrected chi connectivity index (χ0v) is 8.33. The molecule has 0 spiro atoms. The van der Waals surface area contributed by atoms with E-state index in [0.29, 0.717) is 24.4 Å². The molecule has 0 unspecified atom stereocenters. The van der Waals surface area contributed by atoms with E-state index in [-0.39, 0.29) is 11.9 Å². The minimum absolute atomic E-state index is 0.00343. The molecule has 0 aromatic carbocycles. The Morgan fingerprint density at radius 2 is 1.83 bits per heavy atom. The highest BCUT2D eigenvalue weighted by molar-refractivity contribution is 5.75. The summed E-state index contributed by atoms with van der Waals surface area (Å²) in [4.78, 5) is 11.3. The third-order valence-corrected chi connectivity index (χ3v) is 2.73. The molecule has 0 aliphatic carbocycles. The fourth-order valence-corrected chi connectivity index (χ4v) is 1.93. The lowest BCUT2D eigenvalue weighted by Crippen LogP contribution is -2.25. The summed E-state index contributed by atoms with van der Waals surface area (Å²) in [6, 6.07) is 0. The highest BCUT2D eigenvalue weighted by Gasteiger charge is 2.40. The Kier molecular flexibility index (Phi) is 2.76. The van der Waals surface area contributed by atoms with Crippen LogP contribution in [0.3, 0.4) is 0 Å². The molecule has 0 aromatic heterocycles. The lowest BCUT2D eigenvalue weighted by molar-refractivity contribution is -0.142. The van der Waals surface area contributed by atoms with Crippen LogP contribution in [0.5, 0.6) is 0 Å². The van der Waals surface area contributed by atoms with Crippen molar-refractivity contribution in [1.29, 1.82) is 0 Å². The van der Waals surface area contributed by atoms with Gasteiger partial charge in [-0.05, 0) is 11.8 Å². The van der Waals surface area contributed by atoms with E-state index in [1.165, 1.54) is 0 Å². The number of hydrogen-bond donors (Lipinski definition) is 0. The molecule has 0 aromatic rings. The summed E-state index contributed by atoms with van der Waals surface area (Å²) in [5, 5.41) is 0. The molecule has 1 aliphatic heterocycles. The molecule has 1 saturated heterocycles. The smallest absolute Gasteiger partial charge is 0.309 e. The topological polar surface area (TPSA) is 26.3 Å². The van der Waals surface area contributed by atoms with E-state index in [0.717, 1.165) is 0 Å². The minimum Gasteiger partial charge on any atom is -0.465 e. The number of cyclic esters (lactones) is 1. The zero-order valence-electron chi connectivity index (χ0n) is 8.33. The van der Waals surface area contributed by atoms with Crippen molar-refractivity contribution in [3.8, 4) is 0 Å². The molecule has 1 fully saturated rings. The van der Waals surface area contributed by atoms with Crippen LogP contribution in [0.15, 0.2) is 0 Å². The lowest BCUT2D eigenvalue weighted by Gasteiger charge is -2.21. The molecule has 0 radical (unpaired) electrons. The average molecular weight is 170 g/mol. The van der Waals surface area contributed by atoms with Gasteiger partial charge < -0.3 is 4.74 Å². The number of esters is 1. The predicted molar refractivity (Wildman–Crippen MR) is 47.6 cm³/mol. The molecule has 12 heavy (non-hydrogen) atoms. The van der Waals surface area contributed by atoms with E-state index < -0.39 is 0 Å². The third-order valence-electron chi connectivity index (χ3n) is 2.73. The maximum absolute atomic E-state index is 11.3. The molecule has 0 amide bonds. The van der Waals surface area contributed by atoms with Crippen LogP contribution in [-0.2, 0) is 9.53 Å². The number of rotatable bonds is 2. The number of carbonyl (C=O) groups is 1. The van der Waals surface area contributed by atoms with Crippen molar-refractivity contribution in [1.82, 2.24) is 0 Å². The summed E-state index contributed by atoms with van der Waals surface area (Å²) in [5.74, 6) is 1.52. The molecular formula is C10H18O2. The molecule has 1 rings (SSSR count). The van der Waals surface area contributed by atoms with Crippen molar-refractivity contribution >= 4 is 5.97 Å². The van der Waals surface area contributed by atoms with Gasteiger partial charge >= 0.3 is 5.97 Å². The summed E-state index contributed by atoms with van der Waals surface area (Å²) in [6.45, 7) is 9.11. The normalized spacial score (nSPS) is 30.0. The van der Waals surface area contributed by atoms with Crippen LogP contribution in [0.25, 0.3) is 0 Å². The second kappa shape index (κ2) is 3.46.